The van der Waals surface area contributed by atoms with Crippen molar-refractivity contribution < 1.29 is 9.84 Å². The number of methoxy groups -OCH3 is 1. The third-order valence-corrected chi connectivity index (χ3v) is 3.85. The molecule has 1 aliphatic rings. The van der Waals surface area contributed by atoms with E-state index in [0.29, 0.717) is 0 Å². The molecule has 5 heteroatoms. The summed E-state index contributed by atoms with van der Waals surface area (Å²) in [5.74, 6) is 1.99. The van der Waals surface area contributed by atoms with Gasteiger partial charge in [-0.3, -0.25) is 0 Å². The Bertz CT molecular complexity index is 649. The standard InChI is InChI=1S/C15H19N3O2/c1-10-9-11(20-3)6-7-13(10)18-8-4-5-12-14(18)16-17(2)15(12)19/h6-7,9,19H,4-5,8H2,1-3H3. The monoisotopic (exact) mass is 273 g/mol. The van der Waals surface area contributed by atoms with Crippen molar-refractivity contribution in [1.82, 2.24) is 9.78 Å². The Hall–Kier alpha value is -2.17. The van der Waals surface area contributed by atoms with Crippen LogP contribution in [0.4, 0.5) is 11.5 Å². The second kappa shape index (κ2) is 4.74. The van der Waals surface area contributed by atoms with E-state index in [4.69, 9.17) is 4.74 Å². The zero-order chi connectivity index (χ0) is 14.3. The summed E-state index contributed by atoms with van der Waals surface area (Å²) in [5, 5.41) is 14.5. The molecular weight excluding hydrogens is 254 g/mol. The highest BCUT2D eigenvalue weighted by atomic mass is 16.5. The number of ether oxygens (including phenoxy) is 1. The first-order valence-electron chi connectivity index (χ1n) is 6.79. The maximum absolute atomic E-state index is 10.1. The summed E-state index contributed by atoms with van der Waals surface area (Å²) in [4.78, 5) is 2.17. The fourth-order valence-electron chi connectivity index (χ4n) is 2.80. The molecule has 20 heavy (non-hydrogen) atoms. The molecule has 3 rings (SSSR count). The van der Waals surface area contributed by atoms with Crippen molar-refractivity contribution in [3.8, 4) is 11.6 Å². The van der Waals surface area contributed by atoms with Gasteiger partial charge in [-0.15, -0.1) is 0 Å². The topological polar surface area (TPSA) is 50.5 Å². The molecule has 0 atom stereocenters. The zero-order valence-corrected chi connectivity index (χ0v) is 12.1. The van der Waals surface area contributed by atoms with Gasteiger partial charge in [0.25, 0.3) is 0 Å². The molecule has 0 aliphatic carbocycles. The fourth-order valence-corrected chi connectivity index (χ4v) is 2.80. The first kappa shape index (κ1) is 12.8. The number of aryl methyl sites for hydroxylation is 2. The normalized spacial score (nSPS) is 14.2. The first-order chi connectivity index (χ1) is 9.61. The molecule has 106 valence electrons. The fraction of sp³-hybridized carbons (Fsp3) is 0.400. The van der Waals surface area contributed by atoms with E-state index in [9.17, 15) is 5.11 Å². The predicted molar refractivity (Wildman–Crippen MR) is 77.9 cm³/mol. The van der Waals surface area contributed by atoms with E-state index in [0.717, 1.165) is 47.8 Å². The third-order valence-electron chi connectivity index (χ3n) is 3.85. The van der Waals surface area contributed by atoms with Crippen LogP contribution >= 0.6 is 0 Å². The van der Waals surface area contributed by atoms with Gasteiger partial charge in [-0.05, 0) is 43.5 Å². The second-order valence-corrected chi connectivity index (χ2v) is 5.16. The van der Waals surface area contributed by atoms with Crippen molar-refractivity contribution in [2.24, 2.45) is 7.05 Å². The van der Waals surface area contributed by atoms with E-state index in [-0.39, 0.29) is 5.88 Å². The van der Waals surface area contributed by atoms with Gasteiger partial charge in [0.15, 0.2) is 5.82 Å². The molecule has 0 unspecified atom stereocenters. The Balaban J connectivity index is 2.07. The van der Waals surface area contributed by atoms with Gasteiger partial charge in [-0.2, -0.15) is 5.10 Å². The maximum atomic E-state index is 10.1. The van der Waals surface area contributed by atoms with Gasteiger partial charge >= 0.3 is 0 Å². The smallest absolute Gasteiger partial charge is 0.214 e. The van der Waals surface area contributed by atoms with Crippen LogP contribution in [-0.2, 0) is 13.5 Å². The predicted octanol–water partition coefficient (Wildman–Crippen LogP) is 2.53. The number of rotatable bonds is 2. The van der Waals surface area contributed by atoms with E-state index in [1.165, 1.54) is 0 Å². The SMILES string of the molecule is COc1ccc(N2CCCc3c2nn(C)c3O)c(C)c1. The summed E-state index contributed by atoms with van der Waals surface area (Å²) in [6, 6.07) is 6.03. The Labute approximate surface area is 118 Å². The minimum Gasteiger partial charge on any atom is -0.497 e. The lowest BCUT2D eigenvalue weighted by atomic mass is 10.1. The first-order valence-corrected chi connectivity index (χ1v) is 6.79. The lowest BCUT2D eigenvalue weighted by Gasteiger charge is -2.28. The van der Waals surface area contributed by atoms with E-state index in [2.05, 4.69) is 23.0 Å². The number of aromatic nitrogens is 2. The van der Waals surface area contributed by atoms with Crippen molar-refractivity contribution >= 4 is 11.5 Å². The molecule has 0 saturated heterocycles. The summed E-state index contributed by atoms with van der Waals surface area (Å²) < 4.78 is 6.80. The van der Waals surface area contributed by atoms with Gasteiger partial charge in [-0.25, -0.2) is 4.68 Å². The Kier molecular flexibility index (Phi) is 3.04. The number of benzene rings is 1. The molecule has 1 aliphatic heterocycles. The molecule has 0 fully saturated rings. The Morgan fingerprint density at radius 1 is 1.35 bits per heavy atom. The molecule has 1 aromatic carbocycles. The average molecular weight is 273 g/mol. The number of aromatic hydroxyl groups is 1. The zero-order valence-electron chi connectivity index (χ0n) is 12.1. The summed E-state index contributed by atoms with van der Waals surface area (Å²) >= 11 is 0. The van der Waals surface area contributed by atoms with Crippen molar-refractivity contribution in [3.05, 3.63) is 29.3 Å². The van der Waals surface area contributed by atoms with E-state index < -0.39 is 0 Å². The van der Waals surface area contributed by atoms with Crippen LogP contribution in [0.15, 0.2) is 18.2 Å². The van der Waals surface area contributed by atoms with Crippen LogP contribution in [0, 0.1) is 6.92 Å². The summed E-state index contributed by atoms with van der Waals surface area (Å²) in [5.41, 5.74) is 3.20. The van der Waals surface area contributed by atoms with Crippen molar-refractivity contribution in [2.75, 3.05) is 18.6 Å². The molecule has 5 nitrogen and oxygen atoms in total. The molecule has 2 aromatic rings. The molecule has 1 N–H and O–H groups in total. The Morgan fingerprint density at radius 2 is 2.15 bits per heavy atom. The highest BCUT2D eigenvalue weighted by Crippen LogP contribution is 2.38. The van der Waals surface area contributed by atoms with E-state index >= 15 is 0 Å². The van der Waals surface area contributed by atoms with Gasteiger partial charge in [0.05, 0.1) is 12.7 Å². The summed E-state index contributed by atoms with van der Waals surface area (Å²) in [6.45, 7) is 2.98. The van der Waals surface area contributed by atoms with Crippen LogP contribution in [0.2, 0.25) is 0 Å². The largest absolute Gasteiger partial charge is 0.497 e. The van der Waals surface area contributed by atoms with Crippen LogP contribution < -0.4 is 9.64 Å². The maximum Gasteiger partial charge on any atom is 0.214 e. The van der Waals surface area contributed by atoms with Crippen LogP contribution in [0.5, 0.6) is 11.6 Å². The van der Waals surface area contributed by atoms with Gasteiger partial charge < -0.3 is 14.7 Å². The molecule has 0 saturated carbocycles. The minimum absolute atomic E-state index is 0.274. The number of fused-ring (bicyclic) bond motifs is 1. The average Bonchev–Trinajstić information content (AvgIpc) is 2.75. The number of hydrogen-bond donors (Lipinski definition) is 1. The second-order valence-electron chi connectivity index (χ2n) is 5.16. The minimum atomic E-state index is 0.274. The number of hydrogen-bond acceptors (Lipinski definition) is 4. The van der Waals surface area contributed by atoms with E-state index in [1.54, 1.807) is 18.8 Å². The van der Waals surface area contributed by atoms with Gasteiger partial charge in [-0.1, -0.05) is 0 Å². The molecule has 0 radical (unpaired) electrons. The van der Waals surface area contributed by atoms with Gasteiger partial charge in [0, 0.05) is 19.3 Å². The highest BCUT2D eigenvalue weighted by Gasteiger charge is 2.26. The lowest BCUT2D eigenvalue weighted by molar-refractivity contribution is 0.413. The summed E-state index contributed by atoms with van der Waals surface area (Å²) in [7, 11) is 3.44. The van der Waals surface area contributed by atoms with Crippen molar-refractivity contribution in [3.63, 3.8) is 0 Å². The molecule has 0 amide bonds. The van der Waals surface area contributed by atoms with Gasteiger partial charge in [0.2, 0.25) is 5.88 Å². The van der Waals surface area contributed by atoms with Gasteiger partial charge in [0.1, 0.15) is 5.75 Å². The van der Waals surface area contributed by atoms with Crippen LogP contribution in [-0.4, -0.2) is 28.5 Å². The van der Waals surface area contributed by atoms with Crippen molar-refractivity contribution in [1.29, 1.82) is 0 Å². The molecule has 1 aromatic heterocycles. The number of nitrogens with zero attached hydrogens (tertiary/aromatic N) is 3. The van der Waals surface area contributed by atoms with Crippen LogP contribution in [0.25, 0.3) is 0 Å². The van der Waals surface area contributed by atoms with Crippen molar-refractivity contribution in [2.45, 2.75) is 19.8 Å². The summed E-state index contributed by atoms with van der Waals surface area (Å²) in [6.07, 6.45) is 1.89. The highest BCUT2D eigenvalue weighted by molar-refractivity contribution is 5.69. The van der Waals surface area contributed by atoms with Crippen LogP contribution in [0.3, 0.4) is 0 Å². The molecular formula is C15H19N3O2. The molecule has 2 heterocycles. The number of anilines is 2. The molecule has 0 spiro atoms. The van der Waals surface area contributed by atoms with E-state index in [1.807, 2.05) is 12.1 Å². The van der Waals surface area contributed by atoms with Crippen LogP contribution in [0.1, 0.15) is 17.5 Å². The Morgan fingerprint density at radius 3 is 2.85 bits per heavy atom. The quantitative estimate of drug-likeness (QED) is 0.913. The lowest BCUT2D eigenvalue weighted by Crippen LogP contribution is -2.25. The third kappa shape index (κ3) is 1.90. The molecule has 0 bridgehead atoms.